The van der Waals surface area contributed by atoms with Gasteiger partial charge in [-0.2, -0.15) is 0 Å². The van der Waals surface area contributed by atoms with Crippen LogP contribution in [0.25, 0.3) is 21.9 Å². The average Bonchev–Trinajstić information content (AvgIpc) is 2.59. The van der Waals surface area contributed by atoms with Crippen LogP contribution in [0.15, 0.2) is 54.6 Å². The third-order valence-electron chi connectivity index (χ3n) is 3.90. The summed E-state index contributed by atoms with van der Waals surface area (Å²) in [5.74, 6) is -3.49. The van der Waals surface area contributed by atoms with Gasteiger partial charge in [0.25, 0.3) is 0 Å². The Labute approximate surface area is 141 Å². The Morgan fingerprint density at radius 2 is 1.20 bits per heavy atom. The van der Waals surface area contributed by atoms with E-state index in [1.807, 2.05) is 0 Å². The molecule has 0 aliphatic carbocycles. The van der Waals surface area contributed by atoms with Crippen LogP contribution in [0.4, 0.5) is 0 Å². The summed E-state index contributed by atoms with van der Waals surface area (Å²) in [5.41, 5.74) is 0.470. The van der Waals surface area contributed by atoms with Crippen molar-refractivity contribution in [1.82, 2.24) is 0 Å². The van der Waals surface area contributed by atoms with Crippen LogP contribution in [-0.4, -0.2) is 33.2 Å². The van der Waals surface area contributed by atoms with E-state index in [0.717, 1.165) is 0 Å². The van der Waals surface area contributed by atoms with Gasteiger partial charge in [-0.05, 0) is 46.7 Å². The van der Waals surface area contributed by atoms with Gasteiger partial charge in [0.05, 0.1) is 16.7 Å². The molecular formula is C19H12O6. The van der Waals surface area contributed by atoms with E-state index in [9.17, 15) is 24.6 Å². The summed E-state index contributed by atoms with van der Waals surface area (Å²) in [7, 11) is 0. The maximum absolute atomic E-state index is 11.5. The van der Waals surface area contributed by atoms with Crippen LogP contribution in [0.2, 0.25) is 0 Å². The average molecular weight is 336 g/mol. The molecule has 25 heavy (non-hydrogen) atoms. The zero-order chi connectivity index (χ0) is 18.1. The van der Waals surface area contributed by atoms with Gasteiger partial charge in [0.1, 0.15) is 0 Å². The monoisotopic (exact) mass is 336 g/mol. The number of aromatic carboxylic acids is 3. The minimum absolute atomic E-state index is 0.110. The van der Waals surface area contributed by atoms with E-state index in [1.54, 1.807) is 24.3 Å². The van der Waals surface area contributed by atoms with Crippen molar-refractivity contribution in [3.8, 4) is 11.1 Å². The van der Waals surface area contributed by atoms with Crippen molar-refractivity contribution in [1.29, 1.82) is 0 Å². The normalized spacial score (nSPS) is 10.6. The molecule has 0 heterocycles. The van der Waals surface area contributed by atoms with Gasteiger partial charge in [-0.1, -0.05) is 24.3 Å². The number of fused-ring (bicyclic) bond motifs is 1. The predicted octanol–water partition coefficient (Wildman–Crippen LogP) is 3.60. The summed E-state index contributed by atoms with van der Waals surface area (Å²) in [6.45, 7) is 0. The van der Waals surface area contributed by atoms with Crippen molar-refractivity contribution in [2.24, 2.45) is 0 Å². The molecule has 6 nitrogen and oxygen atoms in total. The molecule has 0 saturated carbocycles. The van der Waals surface area contributed by atoms with Gasteiger partial charge in [-0.25, -0.2) is 14.4 Å². The summed E-state index contributed by atoms with van der Waals surface area (Å²) in [5, 5.41) is 29.2. The Morgan fingerprint density at radius 3 is 1.76 bits per heavy atom. The lowest BCUT2D eigenvalue weighted by molar-refractivity contribution is 0.0683. The second-order valence-corrected chi connectivity index (χ2v) is 5.42. The maximum atomic E-state index is 11.5. The molecule has 0 aliphatic heterocycles. The maximum Gasteiger partial charge on any atom is 0.336 e. The van der Waals surface area contributed by atoms with Crippen molar-refractivity contribution in [3.05, 3.63) is 71.3 Å². The largest absolute Gasteiger partial charge is 0.478 e. The van der Waals surface area contributed by atoms with Crippen molar-refractivity contribution in [2.45, 2.75) is 0 Å². The molecule has 0 unspecified atom stereocenters. The first kappa shape index (κ1) is 16.2. The fraction of sp³-hybridized carbons (Fsp3) is 0. The van der Waals surface area contributed by atoms with Crippen molar-refractivity contribution < 1.29 is 29.7 Å². The van der Waals surface area contributed by atoms with Gasteiger partial charge < -0.3 is 15.3 Å². The molecule has 0 spiro atoms. The smallest absolute Gasteiger partial charge is 0.336 e. The van der Waals surface area contributed by atoms with E-state index in [-0.39, 0.29) is 22.3 Å². The van der Waals surface area contributed by atoms with Crippen LogP contribution in [0, 0.1) is 0 Å². The Hall–Kier alpha value is -3.67. The third kappa shape index (κ3) is 2.92. The fourth-order valence-electron chi connectivity index (χ4n) is 2.75. The minimum Gasteiger partial charge on any atom is -0.478 e. The molecule has 0 bridgehead atoms. The molecule has 0 aliphatic rings. The highest BCUT2D eigenvalue weighted by Gasteiger charge is 2.19. The van der Waals surface area contributed by atoms with Crippen LogP contribution in [0.5, 0.6) is 0 Å². The lowest BCUT2D eigenvalue weighted by Crippen LogP contribution is -2.06. The van der Waals surface area contributed by atoms with Gasteiger partial charge in [0.2, 0.25) is 0 Å². The van der Waals surface area contributed by atoms with E-state index in [2.05, 4.69) is 0 Å². The Bertz CT molecular complexity index is 1000. The predicted molar refractivity (Wildman–Crippen MR) is 90.3 cm³/mol. The SMILES string of the molecule is O=C(O)c1ccc2cc(-c3c(C(=O)O)cccc3C(=O)O)ccc2c1. The molecule has 0 fully saturated rings. The summed E-state index contributed by atoms with van der Waals surface area (Å²) >= 11 is 0. The van der Waals surface area contributed by atoms with Crippen LogP contribution in [0.1, 0.15) is 31.1 Å². The summed E-state index contributed by atoms with van der Waals surface area (Å²) in [4.78, 5) is 34.0. The van der Waals surface area contributed by atoms with Gasteiger partial charge >= 0.3 is 17.9 Å². The zero-order valence-electron chi connectivity index (χ0n) is 12.8. The number of carbonyl (C=O) groups is 3. The van der Waals surface area contributed by atoms with E-state index < -0.39 is 17.9 Å². The molecule has 124 valence electrons. The topological polar surface area (TPSA) is 112 Å². The molecule has 0 radical (unpaired) electrons. The summed E-state index contributed by atoms with van der Waals surface area (Å²) < 4.78 is 0. The molecular weight excluding hydrogens is 324 g/mol. The highest BCUT2D eigenvalue weighted by atomic mass is 16.4. The molecule has 0 saturated heterocycles. The number of hydrogen-bond donors (Lipinski definition) is 3. The highest BCUT2D eigenvalue weighted by molar-refractivity contribution is 6.06. The Kier molecular flexibility index (Phi) is 3.94. The van der Waals surface area contributed by atoms with Crippen LogP contribution in [0.3, 0.4) is 0 Å². The second kappa shape index (κ2) is 6.09. The van der Waals surface area contributed by atoms with Crippen molar-refractivity contribution in [2.75, 3.05) is 0 Å². The molecule has 3 rings (SSSR count). The van der Waals surface area contributed by atoms with Gasteiger partial charge in [-0.3, -0.25) is 0 Å². The standard InChI is InChI=1S/C19H12O6/c20-17(21)13-7-5-10-8-12(6-4-11(10)9-13)16-14(18(22)23)2-1-3-15(16)19(24)25/h1-9H,(H,20,21)(H,22,23)(H,24,25). The molecule has 3 N–H and O–H groups in total. The van der Waals surface area contributed by atoms with Gasteiger partial charge in [0, 0.05) is 5.56 Å². The molecule has 0 amide bonds. The number of hydrogen-bond acceptors (Lipinski definition) is 3. The first-order chi connectivity index (χ1) is 11.9. The molecule has 0 atom stereocenters. The van der Waals surface area contributed by atoms with E-state index in [0.29, 0.717) is 16.3 Å². The van der Waals surface area contributed by atoms with Crippen molar-refractivity contribution in [3.63, 3.8) is 0 Å². The lowest BCUT2D eigenvalue weighted by atomic mass is 9.92. The summed E-state index contributed by atoms with van der Waals surface area (Å²) in [6, 6.07) is 13.5. The number of carboxylic acids is 3. The zero-order valence-corrected chi connectivity index (χ0v) is 12.8. The minimum atomic E-state index is -1.22. The number of rotatable bonds is 4. The highest BCUT2D eigenvalue weighted by Crippen LogP contribution is 2.31. The number of benzene rings is 3. The van der Waals surface area contributed by atoms with Crippen molar-refractivity contribution >= 4 is 28.7 Å². The molecule has 3 aromatic rings. The first-order valence-corrected chi connectivity index (χ1v) is 7.25. The van der Waals surface area contributed by atoms with Crippen LogP contribution in [-0.2, 0) is 0 Å². The van der Waals surface area contributed by atoms with E-state index in [4.69, 9.17) is 5.11 Å². The molecule has 6 heteroatoms. The van der Waals surface area contributed by atoms with E-state index >= 15 is 0 Å². The third-order valence-corrected chi connectivity index (χ3v) is 3.90. The quantitative estimate of drug-likeness (QED) is 0.671. The Morgan fingerprint density at radius 1 is 0.640 bits per heavy atom. The lowest BCUT2D eigenvalue weighted by Gasteiger charge is -2.11. The number of carboxylic acid groups (broad SMARTS) is 3. The summed E-state index contributed by atoms with van der Waals surface area (Å²) in [6.07, 6.45) is 0. The Balaban J connectivity index is 2.26. The van der Waals surface area contributed by atoms with E-state index in [1.165, 1.54) is 30.3 Å². The molecule has 3 aromatic carbocycles. The van der Waals surface area contributed by atoms with Crippen LogP contribution >= 0.6 is 0 Å². The molecule has 0 aromatic heterocycles. The van der Waals surface area contributed by atoms with Gasteiger partial charge in [-0.15, -0.1) is 0 Å². The van der Waals surface area contributed by atoms with Crippen LogP contribution < -0.4 is 0 Å². The first-order valence-electron chi connectivity index (χ1n) is 7.25. The fourth-order valence-corrected chi connectivity index (χ4v) is 2.75. The van der Waals surface area contributed by atoms with Gasteiger partial charge in [0.15, 0.2) is 0 Å². The second-order valence-electron chi connectivity index (χ2n) is 5.42.